The van der Waals surface area contributed by atoms with E-state index in [9.17, 15) is 0 Å². The van der Waals surface area contributed by atoms with E-state index in [1.54, 1.807) is 18.9 Å². The average molecular weight is 212 g/mol. The van der Waals surface area contributed by atoms with E-state index in [0.29, 0.717) is 13.1 Å². The van der Waals surface area contributed by atoms with Crippen LogP contribution in [0.15, 0.2) is 23.1 Å². The van der Waals surface area contributed by atoms with Gasteiger partial charge in [0.25, 0.3) is 0 Å². The van der Waals surface area contributed by atoms with E-state index < -0.39 is 6.98 Å². The summed E-state index contributed by atoms with van der Waals surface area (Å²) in [5, 5.41) is 0. The zero-order valence-corrected chi connectivity index (χ0v) is 8.93. The summed E-state index contributed by atoms with van der Waals surface area (Å²) >= 11 is 1.70. The molecule has 1 aliphatic heterocycles. The lowest BCUT2D eigenvalue weighted by atomic mass is 10.2. The highest BCUT2D eigenvalue weighted by molar-refractivity contribution is 7.99. The van der Waals surface area contributed by atoms with E-state index >= 15 is 0 Å². The Morgan fingerprint density at radius 3 is 3.29 bits per heavy atom. The summed E-state index contributed by atoms with van der Waals surface area (Å²) in [5.74, 6) is 1.58. The van der Waals surface area contributed by atoms with Crippen LogP contribution >= 0.6 is 11.8 Å². The molecule has 0 amide bonds. The minimum Gasteiger partial charge on any atom is -0.497 e. The summed E-state index contributed by atoms with van der Waals surface area (Å²) in [4.78, 5) is 2.68. The minimum absolute atomic E-state index is 0.454. The second-order valence-corrected chi connectivity index (χ2v) is 4.38. The Hall–Kier alpha value is -0.670. The summed E-state index contributed by atoms with van der Waals surface area (Å²) in [7, 11) is 1.62. The summed E-state index contributed by atoms with van der Waals surface area (Å²) in [5.41, 5.74) is 1.03. The SMILES string of the molecule is [2H]C([2H])([2H])N1CCSc2ccc(OC)cc2C1. The fraction of sp³-hybridized carbons (Fsp3) is 0.455. The highest BCUT2D eigenvalue weighted by Gasteiger charge is 2.12. The molecule has 2 nitrogen and oxygen atoms in total. The van der Waals surface area contributed by atoms with Crippen LogP contribution in [0.25, 0.3) is 0 Å². The van der Waals surface area contributed by atoms with Crippen LogP contribution in [0.3, 0.4) is 0 Å². The fourth-order valence-electron chi connectivity index (χ4n) is 1.50. The number of thioether (sulfide) groups is 1. The van der Waals surface area contributed by atoms with Crippen molar-refractivity contribution in [3.63, 3.8) is 0 Å². The molecule has 2 rings (SSSR count). The number of benzene rings is 1. The molecule has 0 spiro atoms. The van der Waals surface area contributed by atoms with Gasteiger partial charge in [-0.05, 0) is 30.7 Å². The molecule has 0 unspecified atom stereocenters. The van der Waals surface area contributed by atoms with Gasteiger partial charge in [-0.25, -0.2) is 0 Å². The van der Waals surface area contributed by atoms with Gasteiger partial charge in [-0.1, -0.05) is 0 Å². The average Bonchev–Trinajstić information content (AvgIpc) is 2.49. The molecule has 1 aromatic carbocycles. The second kappa shape index (κ2) is 4.24. The van der Waals surface area contributed by atoms with Gasteiger partial charge in [0.15, 0.2) is 0 Å². The first-order valence-electron chi connectivity index (χ1n) is 6.05. The lowest BCUT2D eigenvalue weighted by molar-refractivity contribution is 0.347. The summed E-state index contributed by atoms with van der Waals surface area (Å²) in [6, 6.07) is 5.84. The van der Waals surface area contributed by atoms with Gasteiger partial charge in [-0.2, -0.15) is 0 Å². The molecule has 3 heteroatoms. The first kappa shape index (κ1) is 6.75. The molecule has 0 aliphatic carbocycles. The normalized spacial score (nSPS) is 21.4. The molecule has 1 aliphatic rings. The van der Waals surface area contributed by atoms with E-state index in [4.69, 9.17) is 8.85 Å². The smallest absolute Gasteiger partial charge is 0.119 e. The molecule has 0 atom stereocenters. The van der Waals surface area contributed by atoms with Crippen molar-refractivity contribution < 1.29 is 8.85 Å². The fourth-order valence-corrected chi connectivity index (χ4v) is 2.50. The van der Waals surface area contributed by atoms with Crippen molar-refractivity contribution >= 4 is 11.8 Å². The van der Waals surface area contributed by atoms with Gasteiger partial charge in [0.2, 0.25) is 0 Å². The van der Waals surface area contributed by atoms with Gasteiger partial charge in [-0.15, -0.1) is 11.8 Å². The maximum atomic E-state index is 7.48. The van der Waals surface area contributed by atoms with Crippen molar-refractivity contribution in [3.8, 4) is 5.75 Å². The topological polar surface area (TPSA) is 12.5 Å². The molecule has 76 valence electrons. The van der Waals surface area contributed by atoms with E-state index in [1.807, 2.05) is 18.2 Å². The van der Waals surface area contributed by atoms with E-state index in [2.05, 4.69) is 0 Å². The Labute approximate surface area is 93.5 Å². The van der Waals surface area contributed by atoms with Crippen LogP contribution in [0.1, 0.15) is 9.68 Å². The first-order chi connectivity index (χ1) is 8.00. The van der Waals surface area contributed by atoms with E-state index in [0.717, 1.165) is 22.0 Å². The van der Waals surface area contributed by atoms with E-state index in [1.165, 1.54) is 4.90 Å². The van der Waals surface area contributed by atoms with Crippen LogP contribution in [-0.4, -0.2) is 31.3 Å². The molecule has 1 heterocycles. The Balaban J connectivity index is 2.29. The lowest BCUT2D eigenvalue weighted by Crippen LogP contribution is -2.18. The standard InChI is InChI=1S/C11H15NOS/c1-12-5-6-14-11-4-3-10(13-2)7-9(11)8-12/h3-4,7H,5-6,8H2,1-2H3/i1D3. The maximum absolute atomic E-state index is 7.48. The lowest BCUT2D eigenvalue weighted by Gasteiger charge is -2.13. The van der Waals surface area contributed by atoms with Crippen molar-refractivity contribution in [1.82, 2.24) is 4.90 Å². The number of hydrogen-bond donors (Lipinski definition) is 0. The van der Waals surface area contributed by atoms with Gasteiger partial charge in [0.1, 0.15) is 5.75 Å². The van der Waals surface area contributed by atoms with Crippen molar-refractivity contribution in [1.29, 1.82) is 0 Å². The zero-order chi connectivity index (χ0) is 12.5. The van der Waals surface area contributed by atoms with Crippen molar-refractivity contribution in [2.75, 3.05) is 26.4 Å². The molecule has 0 saturated heterocycles. The summed E-state index contributed by atoms with van der Waals surface area (Å²) in [6.45, 7) is -0.987. The molecule has 14 heavy (non-hydrogen) atoms. The number of hydrogen-bond acceptors (Lipinski definition) is 3. The van der Waals surface area contributed by atoms with Crippen LogP contribution in [0.4, 0.5) is 0 Å². The molecule has 0 bridgehead atoms. The van der Waals surface area contributed by atoms with Gasteiger partial charge < -0.3 is 9.64 Å². The number of ether oxygens (including phenoxy) is 1. The molecule has 0 saturated carbocycles. The Morgan fingerprint density at radius 1 is 1.57 bits per heavy atom. The third kappa shape index (κ3) is 2.04. The summed E-state index contributed by atoms with van der Waals surface area (Å²) < 4.78 is 27.6. The van der Waals surface area contributed by atoms with Crippen LogP contribution in [0, 0.1) is 0 Å². The number of methoxy groups -OCH3 is 1. The molecular weight excluding hydrogens is 194 g/mol. The third-order valence-corrected chi connectivity index (χ3v) is 3.34. The Bertz CT molecular complexity index is 408. The highest BCUT2D eigenvalue weighted by atomic mass is 32.2. The second-order valence-electron chi connectivity index (χ2n) is 3.24. The third-order valence-electron chi connectivity index (χ3n) is 2.25. The molecular formula is C11H15NOS. The first-order valence-corrected chi connectivity index (χ1v) is 5.54. The van der Waals surface area contributed by atoms with Crippen LogP contribution in [-0.2, 0) is 6.54 Å². The highest BCUT2D eigenvalue weighted by Crippen LogP contribution is 2.29. The number of fused-ring (bicyclic) bond motifs is 1. The molecule has 0 aromatic heterocycles. The van der Waals surface area contributed by atoms with Gasteiger partial charge >= 0.3 is 0 Å². The van der Waals surface area contributed by atoms with Gasteiger partial charge in [-0.3, -0.25) is 0 Å². The van der Waals surface area contributed by atoms with Crippen molar-refractivity contribution in [3.05, 3.63) is 23.8 Å². The van der Waals surface area contributed by atoms with E-state index in [-0.39, 0.29) is 0 Å². The number of nitrogens with zero attached hydrogens (tertiary/aromatic N) is 1. The molecule has 1 aromatic rings. The monoisotopic (exact) mass is 212 g/mol. The Kier molecular flexibility index (Phi) is 2.04. The molecule has 0 radical (unpaired) electrons. The number of rotatable bonds is 1. The van der Waals surface area contributed by atoms with Crippen LogP contribution in [0.5, 0.6) is 5.75 Å². The Morgan fingerprint density at radius 2 is 2.50 bits per heavy atom. The largest absolute Gasteiger partial charge is 0.497 e. The predicted molar refractivity (Wildman–Crippen MR) is 60.1 cm³/mol. The van der Waals surface area contributed by atoms with Crippen molar-refractivity contribution in [2.24, 2.45) is 0 Å². The molecule has 0 fully saturated rings. The predicted octanol–water partition coefficient (Wildman–Crippen LogP) is 2.23. The zero-order valence-electron chi connectivity index (χ0n) is 11.1. The van der Waals surface area contributed by atoms with Crippen LogP contribution in [0.2, 0.25) is 0 Å². The maximum Gasteiger partial charge on any atom is 0.119 e. The van der Waals surface area contributed by atoms with Gasteiger partial charge in [0, 0.05) is 27.9 Å². The minimum atomic E-state index is -2.02. The summed E-state index contributed by atoms with van der Waals surface area (Å²) in [6.07, 6.45) is 0. The molecule has 0 N–H and O–H groups in total. The van der Waals surface area contributed by atoms with Crippen molar-refractivity contribution in [2.45, 2.75) is 11.4 Å². The van der Waals surface area contributed by atoms with Crippen LogP contribution < -0.4 is 4.74 Å². The quantitative estimate of drug-likeness (QED) is 0.708. The van der Waals surface area contributed by atoms with Gasteiger partial charge in [0.05, 0.1) is 7.11 Å².